The number of non-ortho nitro benzene ring substituents is 1. The summed E-state index contributed by atoms with van der Waals surface area (Å²) < 4.78 is 45.3. The van der Waals surface area contributed by atoms with Gasteiger partial charge in [-0.2, -0.15) is 13.2 Å². The number of hydrogen-bond donors (Lipinski definition) is 1. The first-order valence-electron chi connectivity index (χ1n) is 8.00. The van der Waals surface area contributed by atoms with Crippen LogP contribution in [-0.2, 0) is 27.0 Å². The van der Waals surface area contributed by atoms with Crippen LogP contribution >= 0.6 is 0 Å². The predicted octanol–water partition coefficient (Wildman–Crippen LogP) is 2.35. The van der Waals surface area contributed by atoms with Gasteiger partial charge in [0.2, 0.25) is 0 Å². The van der Waals surface area contributed by atoms with Gasteiger partial charge in [0.15, 0.2) is 6.10 Å². The molecule has 1 N–H and O–H groups in total. The molecule has 0 spiro atoms. The number of nitrogens with zero attached hydrogens (tertiary/aromatic N) is 2. The van der Waals surface area contributed by atoms with Crippen molar-refractivity contribution < 1.29 is 32.4 Å². The number of ether oxygens (including phenoxy) is 1. The van der Waals surface area contributed by atoms with Gasteiger partial charge in [-0.25, -0.2) is 0 Å². The third-order valence-corrected chi connectivity index (χ3v) is 3.65. The molecule has 1 heterocycles. The summed E-state index contributed by atoms with van der Waals surface area (Å²) in [6, 6.07) is 5.98. The lowest BCUT2D eigenvalue weighted by Gasteiger charge is -2.17. The van der Waals surface area contributed by atoms with Crippen molar-refractivity contribution in [3.05, 3.63) is 68.6 Å². The number of carbonyl (C=O) groups excluding carboxylic acids is 2. The zero-order valence-electron chi connectivity index (χ0n) is 14.8. The van der Waals surface area contributed by atoms with E-state index >= 15 is 0 Å². The molecular weight excluding hydrogens is 399 g/mol. The highest BCUT2D eigenvalue weighted by molar-refractivity contribution is 5.95. The van der Waals surface area contributed by atoms with E-state index in [1.54, 1.807) is 0 Å². The van der Waals surface area contributed by atoms with E-state index in [1.807, 2.05) is 5.32 Å². The molecule has 0 bridgehead atoms. The lowest BCUT2D eigenvalue weighted by molar-refractivity contribution is -0.385. The van der Waals surface area contributed by atoms with Crippen molar-refractivity contribution in [3.63, 3.8) is 0 Å². The van der Waals surface area contributed by atoms with Gasteiger partial charge in [-0.15, -0.1) is 0 Å². The Hall–Kier alpha value is -3.70. The van der Waals surface area contributed by atoms with Gasteiger partial charge < -0.3 is 14.6 Å². The van der Waals surface area contributed by atoms with E-state index in [-0.39, 0.29) is 6.07 Å². The van der Waals surface area contributed by atoms with Gasteiger partial charge in [0.05, 0.1) is 16.2 Å². The van der Waals surface area contributed by atoms with Crippen LogP contribution in [-0.4, -0.2) is 27.5 Å². The number of alkyl halides is 3. The van der Waals surface area contributed by atoms with Crippen LogP contribution in [0, 0.1) is 10.1 Å². The van der Waals surface area contributed by atoms with Gasteiger partial charge in [-0.05, 0) is 19.1 Å². The van der Waals surface area contributed by atoms with E-state index in [4.69, 9.17) is 4.74 Å². The number of carbonyl (C=O) groups is 2. The highest BCUT2D eigenvalue weighted by atomic mass is 19.4. The quantitative estimate of drug-likeness (QED) is 0.441. The second-order valence-electron chi connectivity index (χ2n) is 5.77. The molecule has 1 aromatic heterocycles. The molecule has 29 heavy (non-hydrogen) atoms. The van der Waals surface area contributed by atoms with Crippen molar-refractivity contribution >= 4 is 23.3 Å². The molecule has 0 fully saturated rings. The van der Waals surface area contributed by atoms with E-state index in [2.05, 4.69) is 0 Å². The number of anilines is 1. The number of nitro benzene ring substituents is 1. The van der Waals surface area contributed by atoms with Crippen molar-refractivity contribution in [2.24, 2.45) is 0 Å². The lowest BCUT2D eigenvalue weighted by atomic mass is 10.1. The zero-order chi connectivity index (χ0) is 21.8. The molecule has 0 unspecified atom stereocenters. The standard InChI is InChI=1S/C17H14F3N3O6/c1-10(29-15(25)9-22-7-3-2-4-14(22)24)16(26)21-13-6-5-11(23(27)28)8-12(13)17(18,19)20/h2-8,10H,9H2,1H3,(H,21,26)/t10-/m0/s1. The van der Waals surface area contributed by atoms with E-state index in [0.29, 0.717) is 0 Å². The van der Waals surface area contributed by atoms with Crippen LogP contribution in [0.4, 0.5) is 24.5 Å². The molecular formula is C17H14F3N3O6. The summed E-state index contributed by atoms with van der Waals surface area (Å²) in [6.07, 6.45) is -5.14. The van der Waals surface area contributed by atoms with Gasteiger partial charge >= 0.3 is 12.1 Å². The molecule has 1 amide bonds. The molecule has 0 saturated heterocycles. The Morgan fingerprint density at radius 3 is 2.55 bits per heavy atom. The minimum Gasteiger partial charge on any atom is -0.451 e. The summed E-state index contributed by atoms with van der Waals surface area (Å²) in [5.41, 5.74) is -3.44. The minimum atomic E-state index is -4.97. The SMILES string of the molecule is C[C@H](OC(=O)Cn1ccccc1=O)C(=O)Nc1ccc([N+](=O)[O-])cc1C(F)(F)F. The van der Waals surface area contributed by atoms with Gasteiger partial charge in [0, 0.05) is 24.4 Å². The Kier molecular flexibility index (Phi) is 6.36. The Morgan fingerprint density at radius 2 is 1.97 bits per heavy atom. The Morgan fingerprint density at radius 1 is 1.28 bits per heavy atom. The van der Waals surface area contributed by atoms with Crippen LogP contribution in [0.1, 0.15) is 12.5 Å². The molecule has 1 atom stereocenters. The van der Waals surface area contributed by atoms with Crippen molar-refractivity contribution in [2.45, 2.75) is 25.7 Å². The van der Waals surface area contributed by atoms with E-state index in [1.165, 1.54) is 24.4 Å². The largest absolute Gasteiger partial charge is 0.451 e. The maximum atomic E-state index is 13.1. The second-order valence-corrected chi connectivity index (χ2v) is 5.77. The lowest BCUT2D eigenvalue weighted by Crippen LogP contribution is -2.33. The summed E-state index contributed by atoms with van der Waals surface area (Å²) in [5.74, 6) is -2.04. The van der Waals surface area contributed by atoms with Crippen molar-refractivity contribution in [1.82, 2.24) is 4.57 Å². The molecule has 0 aliphatic carbocycles. The number of aromatic nitrogens is 1. The molecule has 12 heteroatoms. The molecule has 0 radical (unpaired) electrons. The van der Waals surface area contributed by atoms with Gasteiger partial charge in [0.25, 0.3) is 17.2 Å². The summed E-state index contributed by atoms with van der Waals surface area (Å²) >= 11 is 0. The molecule has 2 rings (SSSR count). The highest BCUT2D eigenvalue weighted by Gasteiger charge is 2.36. The van der Waals surface area contributed by atoms with E-state index in [9.17, 15) is 37.7 Å². The summed E-state index contributed by atoms with van der Waals surface area (Å²) in [5, 5.41) is 12.6. The maximum Gasteiger partial charge on any atom is 0.418 e. The number of nitro groups is 1. The fourth-order valence-electron chi connectivity index (χ4n) is 2.24. The number of pyridine rings is 1. The third kappa shape index (κ3) is 5.64. The second kappa shape index (κ2) is 8.54. The first-order chi connectivity index (χ1) is 13.5. The minimum absolute atomic E-state index is 0.286. The van der Waals surface area contributed by atoms with Gasteiger partial charge in [-0.1, -0.05) is 6.07 Å². The number of hydrogen-bond acceptors (Lipinski definition) is 6. The average molecular weight is 413 g/mol. The Bertz CT molecular complexity index is 1000. The van der Waals surface area contributed by atoms with Crippen molar-refractivity contribution in [1.29, 1.82) is 0 Å². The molecule has 0 saturated carbocycles. The number of esters is 1. The average Bonchev–Trinajstić information content (AvgIpc) is 2.62. The molecule has 1 aromatic carbocycles. The number of amides is 1. The normalized spacial score (nSPS) is 12.1. The summed E-state index contributed by atoms with van der Waals surface area (Å²) in [7, 11) is 0. The summed E-state index contributed by atoms with van der Waals surface area (Å²) in [6.45, 7) is 0.627. The van der Waals surface area contributed by atoms with Crippen molar-refractivity contribution in [3.8, 4) is 0 Å². The van der Waals surface area contributed by atoms with Crippen LogP contribution in [0.15, 0.2) is 47.4 Å². The molecule has 154 valence electrons. The smallest absolute Gasteiger partial charge is 0.418 e. The summed E-state index contributed by atoms with van der Waals surface area (Å²) in [4.78, 5) is 45.2. The van der Waals surface area contributed by atoms with Crippen LogP contribution in [0.2, 0.25) is 0 Å². The van der Waals surface area contributed by atoms with Crippen LogP contribution in [0.5, 0.6) is 0 Å². The predicted molar refractivity (Wildman–Crippen MR) is 93.0 cm³/mol. The molecule has 9 nitrogen and oxygen atoms in total. The van der Waals surface area contributed by atoms with Crippen LogP contribution in [0.25, 0.3) is 0 Å². The Balaban J connectivity index is 2.11. The fraction of sp³-hybridized carbons (Fsp3) is 0.235. The van der Waals surface area contributed by atoms with Crippen LogP contribution in [0.3, 0.4) is 0 Å². The fourth-order valence-corrected chi connectivity index (χ4v) is 2.24. The van der Waals surface area contributed by atoms with Gasteiger partial charge in [0.1, 0.15) is 6.54 Å². The maximum absolute atomic E-state index is 13.1. The van der Waals surface area contributed by atoms with Gasteiger partial charge in [-0.3, -0.25) is 24.5 Å². The topological polar surface area (TPSA) is 121 Å². The first-order valence-corrected chi connectivity index (χ1v) is 8.00. The van der Waals surface area contributed by atoms with Crippen LogP contribution < -0.4 is 10.9 Å². The number of nitrogens with one attached hydrogen (secondary N) is 1. The number of rotatable bonds is 6. The molecule has 2 aromatic rings. The monoisotopic (exact) mass is 413 g/mol. The van der Waals surface area contributed by atoms with E-state index in [0.717, 1.165) is 23.6 Å². The van der Waals surface area contributed by atoms with Crippen molar-refractivity contribution in [2.75, 3.05) is 5.32 Å². The first kappa shape index (κ1) is 21.6. The zero-order valence-corrected chi connectivity index (χ0v) is 14.8. The highest BCUT2D eigenvalue weighted by Crippen LogP contribution is 2.37. The third-order valence-electron chi connectivity index (χ3n) is 3.65. The molecule has 0 aliphatic rings. The Labute approximate surface area is 160 Å². The molecule has 0 aliphatic heterocycles. The van der Waals surface area contributed by atoms with E-state index < -0.39 is 58.1 Å². The number of halogens is 3. The number of benzene rings is 1.